The average Bonchev–Trinajstić information content (AvgIpc) is 2.17. The zero-order valence-electron chi connectivity index (χ0n) is 7.95. The number of aliphatic hydroxyl groups excluding tert-OH is 1. The van der Waals surface area contributed by atoms with Crippen LogP contribution in [0.25, 0.3) is 0 Å². The fourth-order valence-corrected chi connectivity index (χ4v) is 1.37. The molecular formula is C9H13NO4. The third-order valence-corrected chi connectivity index (χ3v) is 2.01. The largest absolute Gasteiger partial charge is 0.465 e. The first-order valence-electron chi connectivity index (χ1n) is 4.51. The molecule has 1 aliphatic heterocycles. The normalized spacial score (nSPS) is 26.9. The van der Waals surface area contributed by atoms with Gasteiger partial charge >= 0.3 is 5.97 Å². The lowest BCUT2D eigenvalue weighted by Crippen LogP contribution is -2.48. The molecule has 1 fully saturated rings. The number of rotatable bonds is 2. The Morgan fingerprint density at radius 3 is 3.07 bits per heavy atom. The van der Waals surface area contributed by atoms with E-state index in [1.54, 1.807) is 12.9 Å². The zero-order chi connectivity index (χ0) is 10.6. The van der Waals surface area contributed by atoms with E-state index in [4.69, 9.17) is 4.74 Å². The Labute approximate surface area is 81.7 Å². The lowest BCUT2D eigenvalue weighted by atomic mass is 9.97. The molecule has 0 saturated carbocycles. The van der Waals surface area contributed by atoms with Crippen molar-refractivity contribution >= 4 is 11.9 Å². The zero-order valence-corrected chi connectivity index (χ0v) is 7.95. The number of nitrogens with one attached hydrogen (secondary N) is 1. The van der Waals surface area contributed by atoms with E-state index < -0.39 is 18.1 Å². The number of hydrogen-bond acceptors (Lipinski definition) is 5. The van der Waals surface area contributed by atoms with Crippen molar-refractivity contribution in [1.82, 2.24) is 5.32 Å². The van der Waals surface area contributed by atoms with Gasteiger partial charge in [-0.25, -0.2) is 9.59 Å². The van der Waals surface area contributed by atoms with Crippen molar-refractivity contribution in [2.24, 2.45) is 0 Å². The number of hydrogen-bond donors (Lipinski definition) is 2. The summed E-state index contributed by atoms with van der Waals surface area (Å²) in [5, 5.41) is 12.0. The fraction of sp³-hybridized carbons (Fsp3) is 0.667. The van der Waals surface area contributed by atoms with E-state index in [2.05, 4.69) is 5.32 Å². The highest BCUT2D eigenvalue weighted by Crippen LogP contribution is 2.14. The van der Waals surface area contributed by atoms with E-state index >= 15 is 0 Å². The van der Waals surface area contributed by atoms with Crippen molar-refractivity contribution in [3.05, 3.63) is 5.57 Å². The van der Waals surface area contributed by atoms with E-state index in [1.165, 1.54) is 0 Å². The number of piperidine rings is 1. The van der Waals surface area contributed by atoms with Gasteiger partial charge < -0.3 is 9.84 Å². The van der Waals surface area contributed by atoms with Crippen LogP contribution in [-0.4, -0.2) is 42.3 Å². The minimum atomic E-state index is -0.740. The number of carbonyl (C=O) groups is 1. The Bertz CT molecular complexity index is 270. The maximum atomic E-state index is 11.3. The molecule has 78 valence electrons. The molecule has 0 aromatic heterocycles. The monoisotopic (exact) mass is 199 g/mol. The van der Waals surface area contributed by atoms with Crippen LogP contribution in [0.5, 0.6) is 0 Å². The van der Waals surface area contributed by atoms with Gasteiger partial charge in [-0.05, 0) is 6.92 Å². The minimum Gasteiger partial charge on any atom is -0.465 e. The molecule has 0 amide bonds. The van der Waals surface area contributed by atoms with Crippen LogP contribution in [0.2, 0.25) is 0 Å². The Balaban J connectivity index is 2.68. The highest BCUT2D eigenvalue weighted by atomic mass is 16.5. The molecule has 0 spiro atoms. The van der Waals surface area contributed by atoms with Gasteiger partial charge in [0.15, 0.2) is 0 Å². The SMILES string of the molecule is CCOC(=O)C1NCC(O)CC1=C=O. The van der Waals surface area contributed by atoms with Gasteiger partial charge in [-0.1, -0.05) is 0 Å². The third-order valence-electron chi connectivity index (χ3n) is 2.01. The fourth-order valence-electron chi connectivity index (χ4n) is 1.37. The lowest BCUT2D eigenvalue weighted by molar-refractivity contribution is -0.145. The molecular weight excluding hydrogens is 186 g/mol. The van der Waals surface area contributed by atoms with E-state index in [9.17, 15) is 14.7 Å². The first-order valence-corrected chi connectivity index (χ1v) is 4.51. The molecule has 1 heterocycles. The van der Waals surface area contributed by atoms with E-state index in [-0.39, 0.29) is 25.1 Å². The number of ether oxygens (including phenoxy) is 1. The Kier molecular flexibility index (Phi) is 3.83. The summed E-state index contributed by atoms with van der Waals surface area (Å²) in [5.74, 6) is 1.18. The van der Waals surface area contributed by atoms with E-state index in [0.717, 1.165) is 0 Å². The molecule has 5 heteroatoms. The molecule has 0 aromatic carbocycles. The van der Waals surface area contributed by atoms with Crippen molar-refractivity contribution in [3.8, 4) is 0 Å². The second kappa shape index (κ2) is 4.91. The molecule has 5 nitrogen and oxygen atoms in total. The van der Waals surface area contributed by atoms with Gasteiger partial charge in [0.2, 0.25) is 0 Å². The van der Waals surface area contributed by atoms with Crippen LogP contribution in [0.3, 0.4) is 0 Å². The van der Waals surface area contributed by atoms with Gasteiger partial charge in [0, 0.05) is 18.5 Å². The Morgan fingerprint density at radius 1 is 1.79 bits per heavy atom. The quantitative estimate of drug-likeness (QED) is 0.442. The van der Waals surface area contributed by atoms with Gasteiger partial charge in [0.05, 0.1) is 12.7 Å². The number of β-amino-alcohol motifs (C(OH)–C–C–N with tert-alkyl or cyclic N) is 1. The van der Waals surface area contributed by atoms with E-state index in [1.807, 2.05) is 0 Å². The van der Waals surface area contributed by atoms with Crippen molar-refractivity contribution in [2.75, 3.05) is 13.2 Å². The predicted molar refractivity (Wildman–Crippen MR) is 48.3 cm³/mol. The van der Waals surface area contributed by atoms with Crippen LogP contribution in [0.1, 0.15) is 13.3 Å². The lowest BCUT2D eigenvalue weighted by Gasteiger charge is -2.25. The van der Waals surface area contributed by atoms with Gasteiger partial charge in [0.25, 0.3) is 0 Å². The van der Waals surface area contributed by atoms with Crippen LogP contribution < -0.4 is 5.32 Å². The van der Waals surface area contributed by atoms with Crippen LogP contribution in [0.4, 0.5) is 0 Å². The summed E-state index contributed by atoms with van der Waals surface area (Å²) in [7, 11) is 0. The van der Waals surface area contributed by atoms with Gasteiger partial charge in [-0.2, -0.15) is 0 Å². The number of aliphatic hydroxyl groups is 1. The first kappa shape index (κ1) is 10.9. The average molecular weight is 199 g/mol. The van der Waals surface area contributed by atoms with Gasteiger partial charge in [0.1, 0.15) is 12.0 Å². The number of esters is 1. The second-order valence-corrected chi connectivity index (χ2v) is 3.08. The molecule has 14 heavy (non-hydrogen) atoms. The molecule has 1 aliphatic rings. The highest BCUT2D eigenvalue weighted by Gasteiger charge is 2.31. The Hall–Kier alpha value is -1.16. The molecule has 0 aromatic rings. The van der Waals surface area contributed by atoms with Gasteiger partial charge in [-0.15, -0.1) is 0 Å². The molecule has 2 atom stereocenters. The summed E-state index contributed by atoms with van der Waals surface area (Å²) in [6, 6.07) is -0.740. The summed E-state index contributed by atoms with van der Waals surface area (Å²) in [5.41, 5.74) is 0.224. The van der Waals surface area contributed by atoms with Crippen LogP contribution in [-0.2, 0) is 14.3 Å². The van der Waals surface area contributed by atoms with Crippen molar-refractivity contribution in [2.45, 2.75) is 25.5 Å². The smallest absolute Gasteiger partial charge is 0.328 e. The highest BCUT2D eigenvalue weighted by molar-refractivity contribution is 5.83. The molecule has 0 aliphatic carbocycles. The summed E-state index contributed by atoms with van der Waals surface area (Å²) in [6.07, 6.45) is -0.447. The van der Waals surface area contributed by atoms with Crippen LogP contribution >= 0.6 is 0 Å². The van der Waals surface area contributed by atoms with Crippen molar-refractivity contribution < 1.29 is 19.4 Å². The molecule has 0 bridgehead atoms. The predicted octanol–water partition coefficient (Wildman–Crippen LogP) is -0.970. The molecule has 2 N–H and O–H groups in total. The Morgan fingerprint density at radius 2 is 2.50 bits per heavy atom. The summed E-state index contributed by atoms with van der Waals surface area (Å²) in [4.78, 5) is 21.8. The third kappa shape index (κ3) is 2.42. The number of carbonyl (C=O) groups excluding carboxylic acids is 2. The topological polar surface area (TPSA) is 75.6 Å². The molecule has 2 unspecified atom stereocenters. The van der Waals surface area contributed by atoms with Crippen LogP contribution in [0, 0.1) is 0 Å². The summed E-state index contributed by atoms with van der Waals surface area (Å²) >= 11 is 0. The molecule has 1 saturated heterocycles. The molecule has 0 radical (unpaired) electrons. The maximum absolute atomic E-state index is 11.3. The minimum absolute atomic E-state index is 0.181. The molecule has 1 rings (SSSR count). The van der Waals surface area contributed by atoms with Gasteiger partial charge in [-0.3, -0.25) is 5.32 Å². The summed E-state index contributed by atoms with van der Waals surface area (Å²) in [6.45, 7) is 2.25. The maximum Gasteiger partial charge on any atom is 0.328 e. The van der Waals surface area contributed by atoms with Crippen LogP contribution in [0.15, 0.2) is 5.57 Å². The van der Waals surface area contributed by atoms with Crippen molar-refractivity contribution in [1.29, 1.82) is 0 Å². The second-order valence-electron chi connectivity index (χ2n) is 3.08. The standard InChI is InChI=1S/C9H13NO4/c1-2-14-9(13)8-6(5-11)3-7(12)4-10-8/h7-8,10,12H,2-4H2,1H3. The van der Waals surface area contributed by atoms with Crippen molar-refractivity contribution in [3.63, 3.8) is 0 Å². The summed E-state index contributed by atoms with van der Waals surface area (Å²) < 4.78 is 4.77. The van der Waals surface area contributed by atoms with E-state index in [0.29, 0.717) is 0 Å². The first-order chi connectivity index (χ1) is 6.69.